The molecule has 1 aromatic heterocycles. The molecule has 0 amide bonds. The number of nitrogens with zero attached hydrogens (tertiary/aromatic N) is 1. The van der Waals surface area contributed by atoms with Crippen LogP contribution in [0.2, 0.25) is 0 Å². The Morgan fingerprint density at radius 2 is 1.86 bits per heavy atom. The summed E-state index contributed by atoms with van der Waals surface area (Å²) in [6, 6.07) is 12.3. The molecule has 0 aliphatic rings. The second-order valence-corrected chi connectivity index (χ2v) is 2.90. The van der Waals surface area contributed by atoms with Crippen molar-refractivity contribution in [3.8, 4) is 12.3 Å². The van der Waals surface area contributed by atoms with E-state index in [9.17, 15) is 0 Å². The smallest absolute Gasteiger partial charge is 0.213 e. The molecule has 0 saturated heterocycles. The number of benzene rings is 1. The number of para-hydroxylation sites is 1. The highest BCUT2D eigenvalue weighted by atomic mass is 79.9. The van der Waals surface area contributed by atoms with Gasteiger partial charge in [0.25, 0.3) is 0 Å². The Kier molecular flexibility index (Phi) is 3.67. The summed E-state index contributed by atoms with van der Waals surface area (Å²) in [5, 5.41) is 1.22. The Hall–Kier alpha value is -1.33. The molecule has 2 rings (SSSR count). The van der Waals surface area contributed by atoms with Crippen molar-refractivity contribution in [2.24, 2.45) is 0 Å². The van der Waals surface area contributed by atoms with Crippen LogP contribution in [0.4, 0.5) is 0 Å². The van der Waals surface area contributed by atoms with Crippen LogP contribution >= 0.6 is 0 Å². The van der Waals surface area contributed by atoms with Crippen molar-refractivity contribution in [3.05, 3.63) is 42.6 Å². The first-order chi connectivity index (χ1) is 6.42. The number of terminal acetylenes is 1. The molecule has 0 atom stereocenters. The molecular formula is C12H10BrN. The van der Waals surface area contributed by atoms with Gasteiger partial charge in [0.15, 0.2) is 6.20 Å². The van der Waals surface area contributed by atoms with Gasteiger partial charge in [-0.1, -0.05) is 12.1 Å². The molecule has 1 aromatic carbocycles. The molecule has 14 heavy (non-hydrogen) atoms. The first-order valence-electron chi connectivity index (χ1n) is 4.22. The Morgan fingerprint density at radius 3 is 2.64 bits per heavy atom. The fourth-order valence-electron chi connectivity index (χ4n) is 1.46. The number of halogens is 1. The molecule has 1 nitrogen and oxygen atoms in total. The Morgan fingerprint density at radius 1 is 1.14 bits per heavy atom. The van der Waals surface area contributed by atoms with E-state index in [1.165, 1.54) is 10.9 Å². The molecule has 0 radical (unpaired) electrons. The zero-order valence-electron chi connectivity index (χ0n) is 7.65. The molecule has 0 aliphatic heterocycles. The Bertz CT molecular complexity index is 466. The maximum absolute atomic E-state index is 5.28. The van der Waals surface area contributed by atoms with Gasteiger partial charge in [0, 0.05) is 17.5 Å². The standard InChI is InChI=1S/C12H10N.BrH/c1-2-9-13-10-5-7-11-6-3-4-8-12(11)13;/h1,3-8,10H,9H2;1H/q+1;/p-1. The first kappa shape index (κ1) is 10.7. The third-order valence-electron chi connectivity index (χ3n) is 2.05. The van der Waals surface area contributed by atoms with E-state index >= 15 is 0 Å². The minimum absolute atomic E-state index is 0. The molecular weight excluding hydrogens is 238 g/mol. The van der Waals surface area contributed by atoms with Crippen molar-refractivity contribution in [2.75, 3.05) is 0 Å². The number of aromatic nitrogens is 1. The van der Waals surface area contributed by atoms with E-state index in [4.69, 9.17) is 6.42 Å². The maximum atomic E-state index is 5.28. The largest absolute Gasteiger partial charge is 1.00 e. The molecule has 2 heteroatoms. The summed E-state index contributed by atoms with van der Waals surface area (Å²) in [7, 11) is 0. The van der Waals surface area contributed by atoms with Crippen LogP contribution < -0.4 is 21.5 Å². The average molecular weight is 248 g/mol. The highest BCUT2D eigenvalue weighted by Crippen LogP contribution is 2.07. The third-order valence-corrected chi connectivity index (χ3v) is 2.05. The van der Waals surface area contributed by atoms with Crippen LogP contribution in [0, 0.1) is 12.3 Å². The van der Waals surface area contributed by atoms with Crippen LogP contribution in [0.15, 0.2) is 42.6 Å². The molecule has 0 aliphatic carbocycles. The fourth-order valence-corrected chi connectivity index (χ4v) is 1.46. The van der Waals surface area contributed by atoms with Gasteiger partial charge in [-0.25, -0.2) is 0 Å². The molecule has 70 valence electrons. The number of hydrogen-bond acceptors (Lipinski definition) is 0. The van der Waals surface area contributed by atoms with E-state index in [2.05, 4.69) is 28.7 Å². The molecule has 0 saturated carbocycles. The minimum Gasteiger partial charge on any atom is -1.00 e. The summed E-state index contributed by atoms with van der Waals surface area (Å²) in [4.78, 5) is 0. The Balaban J connectivity index is 0.000000980. The maximum Gasteiger partial charge on any atom is 0.213 e. The number of hydrogen-bond donors (Lipinski definition) is 0. The van der Waals surface area contributed by atoms with Gasteiger partial charge < -0.3 is 17.0 Å². The van der Waals surface area contributed by atoms with Crippen LogP contribution in [0.1, 0.15) is 0 Å². The van der Waals surface area contributed by atoms with Crippen molar-refractivity contribution in [1.82, 2.24) is 0 Å². The van der Waals surface area contributed by atoms with E-state index in [1.807, 2.05) is 24.4 Å². The summed E-state index contributed by atoms with van der Waals surface area (Å²) < 4.78 is 2.06. The lowest BCUT2D eigenvalue weighted by molar-refractivity contribution is -0.658. The Labute approximate surface area is 94.1 Å². The zero-order valence-corrected chi connectivity index (χ0v) is 9.24. The zero-order chi connectivity index (χ0) is 9.10. The molecule has 2 aromatic rings. The molecule has 1 heterocycles. The lowest BCUT2D eigenvalue weighted by Crippen LogP contribution is -3.00. The van der Waals surface area contributed by atoms with Crippen molar-refractivity contribution in [2.45, 2.75) is 6.54 Å². The summed E-state index contributed by atoms with van der Waals surface area (Å²) >= 11 is 0. The summed E-state index contributed by atoms with van der Waals surface area (Å²) in [5.74, 6) is 2.64. The van der Waals surface area contributed by atoms with E-state index < -0.39 is 0 Å². The molecule has 0 spiro atoms. The van der Waals surface area contributed by atoms with Gasteiger partial charge in [0.2, 0.25) is 12.1 Å². The topological polar surface area (TPSA) is 3.88 Å². The SMILES string of the molecule is C#CC[n+]1cccc2ccccc21.[Br-]. The average Bonchev–Trinajstić information content (AvgIpc) is 2.19. The second-order valence-electron chi connectivity index (χ2n) is 2.90. The van der Waals surface area contributed by atoms with Crippen LogP contribution in [0.5, 0.6) is 0 Å². The van der Waals surface area contributed by atoms with Gasteiger partial charge in [-0.05, 0) is 18.1 Å². The summed E-state index contributed by atoms with van der Waals surface area (Å²) in [6.07, 6.45) is 7.28. The summed E-state index contributed by atoms with van der Waals surface area (Å²) in [5.41, 5.74) is 1.18. The number of pyridine rings is 1. The first-order valence-corrected chi connectivity index (χ1v) is 4.22. The van der Waals surface area contributed by atoms with Gasteiger partial charge in [0.05, 0.1) is 0 Å². The predicted octanol–water partition coefficient (Wildman–Crippen LogP) is -1.24. The van der Waals surface area contributed by atoms with Crippen LogP contribution in [-0.2, 0) is 6.54 Å². The third kappa shape index (κ3) is 1.94. The van der Waals surface area contributed by atoms with E-state index in [-0.39, 0.29) is 17.0 Å². The van der Waals surface area contributed by atoms with Gasteiger partial charge in [-0.3, -0.25) is 0 Å². The quantitative estimate of drug-likeness (QED) is 0.439. The molecule has 0 N–H and O–H groups in total. The number of rotatable bonds is 1. The van der Waals surface area contributed by atoms with Gasteiger partial charge >= 0.3 is 0 Å². The molecule has 0 fully saturated rings. The van der Waals surface area contributed by atoms with Crippen molar-refractivity contribution in [1.29, 1.82) is 0 Å². The highest BCUT2D eigenvalue weighted by Gasteiger charge is 2.03. The predicted molar refractivity (Wildman–Crippen MR) is 53.0 cm³/mol. The van der Waals surface area contributed by atoms with Gasteiger partial charge in [0.1, 0.15) is 0 Å². The highest BCUT2D eigenvalue weighted by molar-refractivity contribution is 5.74. The van der Waals surface area contributed by atoms with Crippen molar-refractivity contribution in [3.63, 3.8) is 0 Å². The molecule has 0 bridgehead atoms. The van der Waals surface area contributed by atoms with Gasteiger partial charge in [-0.15, -0.1) is 6.42 Å². The van der Waals surface area contributed by atoms with Gasteiger partial charge in [-0.2, -0.15) is 4.57 Å². The fraction of sp³-hybridized carbons (Fsp3) is 0.0833. The summed E-state index contributed by atoms with van der Waals surface area (Å²) in [6.45, 7) is 0.626. The lowest BCUT2D eigenvalue weighted by Gasteiger charge is -1.96. The van der Waals surface area contributed by atoms with Crippen LogP contribution in [-0.4, -0.2) is 0 Å². The van der Waals surface area contributed by atoms with Crippen LogP contribution in [0.25, 0.3) is 10.9 Å². The van der Waals surface area contributed by atoms with E-state index in [0.717, 1.165) is 0 Å². The number of fused-ring (bicyclic) bond motifs is 1. The van der Waals surface area contributed by atoms with Crippen molar-refractivity contribution < 1.29 is 21.5 Å². The van der Waals surface area contributed by atoms with E-state index in [0.29, 0.717) is 6.54 Å². The lowest BCUT2D eigenvalue weighted by atomic mass is 10.2. The minimum atomic E-state index is 0. The normalized spacial score (nSPS) is 9.07. The monoisotopic (exact) mass is 247 g/mol. The second kappa shape index (κ2) is 4.78. The molecule has 0 unspecified atom stereocenters. The van der Waals surface area contributed by atoms with Crippen molar-refractivity contribution >= 4 is 10.9 Å². The van der Waals surface area contributed by atoms with E-state index in [1.54, 1.807) is 0 Å². The van der Waals surface area contributed by atoms with Crippen LogP contribution in [0.3, 0.4) is 0 Å².